The number of hydrogen-bond donors (Lipinski definition) is 2. The van der Waals surface area contributed by atoms with Gasteiger partial charge in [0.25, 0.3) is 11.8 Å². The fraction of sp³-hybridized carbons (Fsp3) is 0.304. The molecule has 3 heterocycles. The minimum absolute atomic E-state index is 0.115. The second-order valence-electron chi connectivity index (χ2n) is 8.16. The Kier molecular flexibility index (Phi) is 4.69. The molecule has 1 saturated heterocycles. The van der Waals surface area contributed by atoms with Crippen LogP contribution in [-0.4, -0.2) is 52.4 Å². The third kappa shape index (κ3) is 3.65. The predicted molar refractivity (Wildman–Crippen MR) is 111 cm³/mol. The van der Waals surface area contributed by atoms with Crippen LogP contribution in [0.5, 0.6) is 0 Å². The second-order valence-corrected chi connectivity index (χ2v) is 8.16. The third-order valence-electron chi connectivity index (χ3n) is 6.33. The molecule has 1 aliphatic heterocycles. The van der Waals surface area contributed by atoms with E-state index in [1.54, 1.807) is 41.6 Å². The molecule has 1 aliphatic carbocycles. The first kappa shape index (κ1) is 19.3. The normalized spacial score (nSPS) is 21.7. The molecular weight excluding hydrogens is 398 g/mol. The van der Waals surface area contributed by atoms with Crippen molar-refractivity contribution in [2.45, 2.75) is 6.42 Å². The number of rotatable bonds is 6. The van der Waals surface area contributed by atoms with Crippen molar-refractivity contribution in [3.8, 4) is 0 Å². The first-order valence-electron chi connectivity index (χ1n) is 10.3. The van der Waals surface area contributed by atoms with Crippen molar-refractivity contribution in [2.75, 3.05) is 19.6 Å². The van der Waals surface area contributed by atoms with E-state index in [0.717, 1.165) is 11.8 Å². The van der Waals surface area contributed by atoms with Crippen molar-refractivity contribution in [1.82, 2.24) is 15.2 Å². The molecule has 2 amide bonds. The van der Waals surface area contributed by atoms with Crippen molar-refractivity contribution >= 4 is 28.8 Å². The van der Waals surface area contributed by atoms with Crippen LogP contribution in [0.2, 0.25) is 0 Å². The van der Waals surface area contributed by atoms with Gasteiger partial charge in [0.15, 0.2) is 11.3 Å². The van der Waals surface area contributed by atoms with Crippen LogP contribution in [-0.2, 0) is 0 Å². The molecule has 2 fully saturated rings. The number of likely N-dealkylation sites (tertiary alicyclic amines) is 1. The van der Waals surface area contributed by atoms with Crippen LogP contribution in [0, 0.1) is 17.8 Å². The molecule has 0 bridgehead atoms. The summed E-state index contributed by atoms with van der Waals surface area (Å²) in [7, 11) is 0. The van der Waals surface area contributed by atoms with Gasteiger partial charge in [-0.2, -0.15) is 0 Å². The lowest BCUT2D eigenvalue weighted by Gasteiger charge is -2.20. The van der Waals surface area contributed by atoms with Gasteiger partial charge in [-0.25, -0.2) is 4.79 Å². The number of nitrogens with one attached hydrogen (secondary N) is 1. The number of fused-ring (bicyclic) bond motifs is 2. The fourth-order valence-corrected chi connectivity index (χ4v) is 4.65. The van der Waals surface area contributed by atoms with Crippen LogP contribution in [0.15, 0.2) is 53.2 Å². The Balaban J connectivity index is 1.10. The summed E-state index contributed by atoms with van der Waals surface area (Å²) in [5.41, 5.74) is 1.11. The number of benzene rings is 1. The summed E-state index contributed by atoms with van der Waals surface area (Å²) in [6.45, 7) is 1.91. The number of carboxylic acid groups (broad SMARTS) is 1. The monoisotopic (exact) mass is 419 g/mol. The van der Waals surface area contributed by atoms with Gasteiger partial charge in [0.1, 0.15) is 0 Å². The highest BCUT2D eigenvalue weighted by Gasteiger charge is 2.55. The molecule has 0 spiro atoms. The first-order chi connectivity index (χ1) is 15.0. The Bertz CT molecular complexity index is 1140. The van der Waals surface area contributed by atoms with Crippen LogP contribution in [0.3, 0.4) is 0 Å². The summed E-state index contributed by atoms with van der Waals surface area (Å²) in [4.78, 5) is 41.9. The maximum Gasteiger partial charge on any atom is 0.335 e. The zero-order chi connectivity index (χ0) is 21.5. The van der Waals surface area contributed by atoms with Gasteiger partial charge >= 0.3 is 5.97 Å². The molecule has 8 heteroatoms. The van der Waals surface area contributed by atoms with E-state index in [1.807, 2.05) is 0 Å². The van der Waals surface area contributed by atoms with E-state index in [0.29, 0.717) is 48.5 Å². The average Bonchev–Trinajstić information content (AvgIpc) is 3.14. The molecule has 0 radical (unpaired) electrons. The Hall–Kier alpha value is -3.68. The zero-order valence-electron chi connectivity index (χ0n) is 16.7. The van der Waals surface area contributed by atoms with Gasteiger partial charge in [-0.15, -0.1) is 0 Å². The number of hydrogen-bond acceptors (Lipinski definition) is 5. The van der Waals surface area contributed by atoms with Crippen molar-refractivity contribution in [3.63, 3.8) is 0 Å². The van der Waals surface area contributed by atoms with Crippen molar-refractivity contribution < 1.29 is 23.9 Å². The van der Waals surface area contributed by atoms with E-state index >= 15 is 0 Å². The summed E-state index contributed by atoms with van der Waals surface area (Å²) >= 11 is 0. The minimum Gasteiger partial charge on any atom is -0.478 e. The number of nitrogens with zero attached hydrogens (tertiary/aromatic N) is 2. The van der Waals surface area contributed by atoms with E-state index in [9.17, 15) is 14.4 Å². The van der Waals surface area contributed by atoms with Gasteiger partial charge in [-0.05, 0) is 54.5 Å². The molecule has 1 aromatic carbocycles. The fourth-order valence-electron chi connectivity index (χ4n) is 4.65. The molecule has 158 valence electrons. The smallest absolute Gasteiger partial charge is 0.335 e. The summed E-state index contributed by atoms with van der Waals surface area (Å²) < 4.78 is 5.53. The molecule has 5 rings (SSSR count). The number of piperidine rings is 1. The van der Waals surface area contributed by atoms with Gasteiger partial charge in [0.2, 0.25) is 0 Å². The highest BCUT2D eigenvalue weighted by molar-refractivity contribution is 5.98. The van der Waals surface area contributed by atoms with Gasteiger partial charge in [-0.3, -0.25) is 14.6 Å². The predicted octanol–water partition coefficient (Wildman–Crippen LogP) is 2.66. The SMILES string of the molecule is O=C(O)c1cccc(C(=O)N2C[C@@H]3C(CCNC(=O)c4cc5ccncc5o4)[C@@H]3C2)c1. The minimum atomic E-state index is -1.04. The van der Waals surface area contributed by atoms with Crippen molar-refractivity contribution in [1.29, 1.82) is 0 Å². The van der Waals surface area contributed by atoms with Crippen LogP contribution in [0.4, 0.5) is 0 Å². The van der Waals surface area contributed by atoms with E-state index in [2.05, 4.69) is 10.3 Å². The second kappa shape index (κ2) is 7.54. The van der Waals surface area contributed by atoms with E-state index in [4.69, 9.17) is 9.52 Å². The lowest BCUT2D eigenvalue weighted by molar-refractivity contribution is 0.0696. The van der Waals surface area contributed by atoms with Crippen LogP contribution in [0.1, 0.15) is 37.7 Å². The Morgan fingerprint density at radius 1 is 1.13 bits per heavy atom. The van der Waals surface area contributed by atoms with E-state index in [-0.39, 0.29) is 23.1 Å². The number of carbonyl (C=O) groups is 3. The number of aromatic nitrogens is 1. The first-order valence-corrected chi connectivity index (χ1v) is 10.3. The summed E-state index contributed by atoms with van der Waals surface area (Å²) in [6.07, 6.45) is 4.10. The largest absolute Gasteiger partial charge is 0.478 e. The number of amides is 2. The lowest BCUT2D eigenvalue weighted by Crippen LogP contribution is -2.32. The van der Waals surface area contributed by atoms with Gasteiger partial charge in [0.05, 0.1) is 11.8 Å². The summed E-state index contributed by atoms with van der Waals surface area (Å²) in [5, 5.41) is 12.9. The lowest BCUT2D eigenvalue weighted by atomic mass is 10.1. The summed E-state index contributed by atoms with van der Waals surface area (Å²) in [5.74, 6) is 0.259. The molecule has 2 N–H and O–H groups in total. The van der Waals surface area contributed by atoms with Gasteiger partial charge < -0.3 is 19.7 Å². The quantitative estimate of drug-likeness (QED) is 0.635. The molecular formula is C23H21N3O5. The maximum atomic E-state index is 12.7. The van der Waals surface area contributed by atoms with E-state index in [1.165, 1.54) is 12.1 Å². The number of carboxylic acids is 1. The number of carbonyl (C=O) groups excluding carboxylic acids is 2. The molecule has 1 unspecified atom stereocenters. The van der Waals surface area contributed by atoms with Gasteiger partial charge in [0, 0.05) is 36.8 Å². The molecule has 31 heavy (non-hydrogen) atoms. The third-order valence-corrected chi connectivity index (χ3v) is 6.33. The molecule has 1 saturated carbocycles. The average molecular weight is 419 g/mol. The highest BCUT2D eigenvalue weighted by Crippen LogP contribution is 2.53. The Morgan fingerprint density at radius 2 is 1.90 bits per heavy atom. The van der Waals surface area contributed by atoms with Crippen LogP contribution in [0.25, 0.3) is 11.0 Å². The summed E-state index contributed by atoms with van der Waals surface area (Å²) in [6, 6.07) is 9.66. The number of furan rings is 1. The van der Waals surface area contributed by atoms with E-state index < -0.39 is 5.97 Å². The van der Waals surface area contributed by atoms with Crippen molar-refractivity contribution in [2.24, 2.45) is 17.8 Å². The Morgan fingerprint density at radius 3 is 2.65 bits per heavy atom. The molecule has 2 aromatic heterocycles. The molecule has 2 aliphatic rings. The van der Waals surface area contributed by atoms with Crippen LogP contribution >= 0.6 is 0 Å². The topological polar surface area (TPSA) is 113 Å². The van der Waals surface area contributed by atoms with Gasteiger partial charge in [-0.1, -0.05) is 6.07 Å². The standard InChI is InChI=1S/C23H21N3O5/c27-21(19-9-13-4-6-24-10-20(13)31-19)25-7-5-16-17-11-26(12-18(16)17)22(28)14-2-1-3-15(8-14)23(29)30/h1-4,6,8-10,16-18H,5,7,11-12H2,(H,25,27)(H,29,30)/t16?,17-,18+. The highest BCUT2D eigenvalue weighted by atomic mass is 16.4. The van der Waals surface area contributed by atoms with Crippen LogP contribution < -0.4 is 5.32 Å². The maximum absolute atomic E-state index is 12.7. The zero-order valence-corrected chi connectivity index (χ0v) is 16.7. The Labute approximate surface area is 177 Å². The molecule has 3 aromatic rings. The number of aromatic carboxylic acids is 1. The molecule has 8 nitrogen and oxygen atoms in total. The molecule has 3 atom stereocenters. The van der Waals surface area contributed by atoms with Crippen molar-refractivity contribution in [3.05, 3.63) is 65.7 Å². The number of pyridine rings is 1.